The maximum Gasteiger partial charge on any atom is 0.268 e. The van der Waals surface area contributed by atoms with Gasteiger partial charge in [-0.2, -0.15) is 0 Å². The van der Waals surface area contributed by atoms with Crippen molar-refractivity contribution in [3.05, 3.63) is 4.88 Å². The van der Waals surface area contributed by atoms with Gasteiger partial charge in [-0.1, -0.05) is 25.2 Å². The van der Waals surface area contributed by atoms with Crippen LogP contribution < -0.4 is 11.1 Å². The van der Waals surface area contributed by atoms with Gasteiger partial charge < -0.3 is 16.0 Å². The van der Waals surface area contributed by atoms with Crippen molar-refractivity contribution in [1.82, 2.24) is 9.88 Å². The highest BCUT2D eigenvalue weighted by atomic mass is 32.1. The molecule has 0 bridgehead atoms. The van der Waals surface area contributed by atoms with Crippen LogP contribution in [0.4, 0.5) is 10.9 Å². The number of nitrogens with two attached hydrogens (primary N) is 1. The van der Waals surface area contributed by atoms with Crippen LogP contribution in [0.3, 0.4) is 0 Å². The molecule has 1 fully saturated rings. The molecule has 0 radical (unpaired) electrons. The molecule has 18 heavy (non-hydrogen) atoms. The maximum atomic E-state index is 12.5. The van der Waals surface area contributed by atoms with Crippen LogP contribution in [0.5, 0.6) is 0 Å². The van der Waals surface area contributed by atoms with Crippen LogP contribution in [0, 0.1) is 5.92 Å². The van der Waals surface area contributed by atoms with Crippen LogP contribution in [0.15, 0.2) is 0 Å². The van der Waals surface area contributed by atoms with Crippen molar-refractivity contribution < 1.29 is 4.79 Å². The van der Waals surface area contributed by atoms with Crippen molar-refractivity contribution in [3.63, 3.8) is 0 Å². The van der Waals surface area contributed by atoms with Gasteiger partial charge in [0.15, 0.2) is 5.13 Å². The van der Waals surface area contributed by atoms with Crippen molar-refractivity contribution in [2.24, 2.45) is 5.92 Å². The second kappa shape index (κ2) is 5.14. The Morgan fingerprint density at radius 3 is 2.72 bits per heavy atom. The van der Waals surface area contributed by atoms with E-state index in [1.807, 2.05) is 4.90 Å². The van der Waals surface area contributed by atoms with Crippen molar-refractivity contribution in [3.8, 4) is 0 Å². The second-order valence-electron chi connectivity index (χ2n) is 5.07. The maximum absolute atomic E-state index is 12.5. The number of rotatable bonds is 5. The molecule has 0 aliphatic heterocycles. The van der Waals surface area contributed by atoms with E-state index in [9.17, 15) is 4.79 Å². The topological polar surface area (TPSA) is 71.2 Å². The van der Waals surface area contributed by atoms with Crippen LogP contribution in [0.2, 0.25) is 0 Å². The molecule has 1 amide bonds. The second-order valence-corrected chi connectivity index (χ2v) is 6.06. The van der Waals surface area contributed by atoms with Crippen molar-refractivity contribution in [2.75, 3.05) is 24.6 Å². The molecule has 0 spiro atoms. The summed E-state index contributed by atoms with van der Waals surface area (Å²) in [5.41, 5.74) is 5.82. The number of anilines is 2. The molecule has 1 aromatic rings. The van der Waals surface area contributed by atoms with Gasteiger partial charge in [-0.25, -0.2) is 4.98 Å². The van der Waals surface area contributed by atoms with Crippen molar-refractivity contribution in [1.29, 1.82) is 0 Å². The Morgan fingerprint density at radius 1 is 1.61 bits per heavy atom. The third-order valence-corrected chi connectivity index (χ3v) is 3.95. The molecule has 3 N–H and O–H groups in total. The first-order valence-electron chi connectivity index (χ1n) is 6.28. The smallest absolute Gasteiger partial charge is 0.268 e. The minimum absolute atomic E-state index is 0.0303. The predicted molar refractivity (Wildman–Crippen MR) is 75.0 cm³/mol. The fourth-order valence-corrected chi connectivity index (χ4v) is 2.69. The number of nitrogens with zero attached hydrogens (tertiary/aromatic N) is 2. The minimum atomic E-state index is 0.0303. The Bertz CT molecular complexity index is 439. The number of thiazole rings is 1. The van der Waals surface area contributed by atoms with E-state index in [2.05, 4.69) is 24.1 Å². The predicted octanol–water partition coefficient (Wildman–Crippen LogP) is 2.03. The molecular formula is C12H20N4OS. The van der Waals surface area contributed by atoms with E-state index in [1.54, 1.807) is 7.05 Å². The average molecular weight is 268 g/mol. The Labute approximate surface area is 111 Å². The SMILES string of the molecule is CNc1nc(N)c(C(=O)N(CC(C)C)C2CC2)s1. The van der Waals surface area contributed by atoms with Crippen molar-refractivity contribution >= 4 is 28.2 Å². The molecule has 100 valence electrons. The van der Waals surface area contributed by atoms with Gasteiger partial charge in [-0.15, -0.1) is 0 Å². The highest BCUT2D eigenvalue weighted by Crippen LogP contribution is 2.32. The first kappa shape index (κ1) is 13.1. The lowest BCUT2D eigenvalue weighted by Gasteiger charge is -2.23. The zero-order chi connectivity index (χ0) is 13.3. The van der Waals surface area contributed by atoms with Gasteiger partial charge in [0, 0.05) is 19.6 Å². The number of carbonyl (C=O) groups is 1. The van der Waals surface area contributed by atoms with E-state index >= 15 is 0 Å². The van der Waals surface area contributed by atoms with Gasteiger partial charge in [0.05, 0.1) is 0 Å². The highest BCUT2D eigenvalue weighted by Gasteiger charge is 2.35. The Kier molecular flexibility index (Phi) is 3.75. The monoisotopic (exact) mass is 268 g/mol. The molecule has 1 aliphatic rings. The summed E-state index contributed by atoms with van der Waals surface area (Å²) in [4.78, 5) is 19.1. The third kappa shape index (κ3) is 2.75. The first-order chi connectivity index (χ1) is 8.52. The third-order valence-electron chi connectivity index (χ3n) is 2.87. The standard InChI is InChI=1S/C12H20N4OS/c1-7(2)6-16(8-4-5-8)11(17)9-10(13)15-12(14-3)18-9/h7-8H,4-6,13H2,1-3H3,(H,14,15). The highest BCUT2D eigenvalue weighted by molar-refractivity contribution is 7.18. The number of nitrogens with one attached hydrogen (secondary N) is 1. The summed E-state index contributed by atoms with van der Waals surface area (Å²) < 4.78 is 0. The van der Waals surface area contributed by atoms with Crippen LogP contribution >= 0.6 is 11.3 Å². The largest absolute Gasteiger partial charge is 0.382 e. The van der Waals surface area contributed by atoms with Gasteiger partial charge >= 0.3 is 0 Å². The zero-order valence-electron chi connectivity index (χ0n) is 11.1. The number of amides is 1. The minimum Gasteiger partial charge on any atom is -0.382 e. The van der Waals surface area contributed by atoms with Crippen LogP contribution in [0.1, 0.15) is 36.4 Å². The van der Waals surface area contributed by atoms with Crippen LogP contribution in [-0.4, -0.2) is 35.4 Å². The van der Waals surface area contributed by atoms with E-state index in [-0.39, 0.29) is 5.91 Å². The summed E-state index contributed by atoms with van der Waals surface area (Å²) in [6.45, 7) is 5.03. The molecule has 0 aromatic carbocycles. The fourth-order valence-electron chi connectivity index (χ4n) is 1.90. The van der Waals surface area contributed by atoms with Gasteiger partial charge in [-0.3, -0.25) is 4.79 Å². The molecule has 0 saturated heterocycles. The molecule has 6 heteroatoms. The Hall–Kier alpha value is -1.30. The lowest BCUT2D eigenvalue weighted by Crippen LogP contribution is -2.36. The molecule has 1 saturated carbocycles. The first-order valence-corrected chi connectivity index (χ1v) is 7.09. The van der Waals surface area contributed by atoms with E-state index in [1.165, 1.54) is 11.3 Å². The quantitative estimate of drug-likeness (QED) is 0.857. The van der Waals surface area contributed by atoms with Gasteiger partial charge in [0.25, 0.3) is 5.91 Å². The lowest BCUT2D eigenvalue weighted by molar-refractivity contribution is 0.0728. The number of hydrogen-bond donors (Lipinski definition) is 2. The summed E-state index contributed by atoms with van der Waals surface area (Å²) >= 11 is 1.33. The number of carbonyl (C=O) groups excluding carboxylic acids is 1. The number of nitrogen functional groups attached to an aromatic ring is 1. The van der Waals surface area contributed by atoms with E-state index < -0.39 is 0 Å². The van der Waals surface area contributed by atoms with Crippen LogP contribution in [0.25, 0.3) is 0 Å². The molecule has 2 rings (SSSR count). The van der Waals surface area contributed by atoms with Gasteiger partial charge in [0.2, 0.25) is 0 Å². The lowest BCUT2D eigenvalue weighted by atomic mass is 10.2. The van der Waals surface area contributed by atoms with E-state index in [0.29, 0.717) is 27.8 Å². The molecule has 5 nitrogen and oxygen atoms in total. The zero-order valence-corrected chi connectivity index (χ0v) is 11.9. The average Bonchev–Trinajstić information content (AvgIpc) is 3.08. The molecular weight excluding hydrogens is 248 g/mol. The molecule has 0 atom stereocenters. The fraction of sp³-hybridized carbons (Fsp3) is 0.667. The number of hydrogen-bond acceptors (Lipinski definition) is 5. The normalized spacial score (nSPS) is 14.9. The molecule has 1 aliphatic carbocycles. The van der Waals surface area contributed by atoms with Gasteiger partial charge in [-0.05, 0) is 18.8 Å². The summed E-state index contributed by atoms with van der Waals surface area (Å²) in [6, 6.07) is 0.402. The molecule has 1 aromatic heterocycles. The number of aromatic nitrogens is 1. The Morgan fingerprint density at radius 2 is 2.28 bits per heavy atom. The van der Waals surface area contributed by atoms with Crippen molar-refractivity contribution in [2.45, 2.75) is 32.7 Å². The summed E-state index contributed by atoms with van der Waals surface area (Å²) in [5, 5.41) is 3.62. The summed E-state index contributed by atoms with van der Waals surface area (Å²) in [6.07, 6.45) is 2.21. The summed E-state index contributed by atoms with van der Waals surface area (Å²) in [7, 11) is 1.78. The molecule has 1 heterocycles. The Balaban J connectivity index is 2.18. The van der Waals surface area contributed by atoms with E-state index in [0.717, 1.165) is 19.4 Å². The van der Waals surface area contributed by atoms with E-state index in [4.69, 9.17) is 5.73 Å². The summed E-state index contributed by atoms with van der Waals surface area (Å²) in [5.74, 6) is 0.832. The van der Waals surface area contributed by atoms with Crippen LogP contribution in [-0.2, 0) is 0 Å². The molecule has 0 unspecified atom stereocenters. The van der Waals surface area contributed by atoms with Gasteiger partial charge in [0.1, 0.15) is 10.7 Å².